The number of fused-ring (bicyclic) bond motifs is 3. The Morgan fingerprint density at radius 1 is 1.16 bits per heavy atom. The molecule has 0 saturated heterocycles. The molecule has 0 unspecified atom stereocenters. The molecule has 0 fully saturated rings. The molecule has 1 aliphatic rings. The first kappa shape index (κ1) is 16.4. The Kier molecular flexibility index (Phi) is 4.14. The van der Waals surface area contributed by atoms with Crippen LogP contribution < -0.4 is 0 Å². The van der Waals surface area contributed by atoms with Gasteiger partial charge in [0.25, 0.3) is 0 Å². The van der Waals surface area contributed by atoms with E-state index in [9.17, 15) is 4.39 Å². The maximum absolute atomic E-state index is 13.2. The fraction of sp³-hybridized carbons (Fsp3) is 0.238. The van der Waals surface area contributed by atoms with E-state index in [-0.39, 0.29) is 5.82 Å². The van der Waals surface area contributed by atoms with Crippen LogP contribution in [-0.2, 0) is 13.0 Å². The number of para-hydroxylation sites is 1. The zero-order valence-corrected chi connectivity index (χ0v) is 15.1. The summed E-state index contributed by atoms with van der Waals surface area (Å²) < 4.78 is 15.4. The molecule has 0 spiro atoms. The number of allylic oxidation sites excluding steroid dienone is 1. The second-order valence-corrected chi connectivity index (χ2v) is 7.15. The number of nitrogens with zero attached hydrogens (tertiary/aromatic N) is 2. The van der Waals surface area contributed by atoms with Crippen LogP contribution >= 0.6 is 11.6 Å². The van der Waals surface area contributed by atoms with E-state index in [1.54, 1.807) is 0 Å². The third-order valence-electron chi connectivity index (χ3n) is 4.97. The topological polar surface area (TPSA) is 8.17 Å². The third-order valence-corrected chi connectivity index (χ3v) is 5.28. The Labute approximate surface area is 152 Å². The first-order valence-corrected chi connectivity index (χ1v) is 8.85. The molecular weight excluding hydrogens is 335 g/mol. The molecule has 0 amide bonds. The molecular formula is C21H20ClFN2. The summed E-state index contributed by atoms with van der Waals surface area (Å²) in [6, 6.07) is 12.7. The maximum Gasteiger partial charge on any atom is 0.123 e. The van der Waals surface area contributed by atoms with Gasteiger partial charge in [0.2, 0.25) is 0 Å². The molecule has 0 saturated carbocycles. The van der Waals surface area contributed by atoms with Crippen LogP contribution in [0, 0.1) is 5.82 Å². The highest BCUT2D eigenvalue weighted by Crippen LogP contribution is 2.35. The number of likely N-dealkylation sites (N-methyl/N-ethyl adjacent to an activating group) is 1. The van der Waals surface area contributed by atoms with Crippen molar-refractivity contribution in [1.82, 2.24) is 9.47 Å². The van der Waals surface area contributed by atoms with Crippen LogP contribution in [-0.4, -0.2) is 23.1 Å². The third kappa shape index (κ3) is 2.88. The summed E-state index contributed by atoms with van der Waals surface area (Å²) in [5.74, 6) is -0.216. The molecule has 3 aromatic rings. The Bertz CT molecular complexity index is 970. The zero-order valence-electron chi connectivity index (χ0n) is 14.4. The molecule has 0 radical (unpaired) electrons. The maximum atomic E-state index is 13.2. The molecule has 0 atom stereocenters. The van der Waals surface area contributed by atoms with E-state index in [4.69, 9.17) is 11.6 Å². The van der Waals surface area contributed by atoms with Crippen LogP contribution in [0.1, 0.15) is 23.7 Å². The van der Waals surface area contributed by atoms with Gasteiger partial charge in [-0.25, -0.2) is 4.39 Å². The van der Waals surface area contributed by atoms with E-state index in [1.807, 2.05) is 24.3 Å². The van der Waals surface area contributed by atoms with E-state index >= 15 is 0 Å². The van der Waals surface area contributed by atoms with Gasteiger partial charge in [-0.15, -0.1) is 0 Å². The summed E-state index contributed by atoms with van der Waals surface area (Å²) in [5, 5.41) is 1.98. The first-order valence-electron chi connectivity index (χ1n) is 8.47. The normalized spacial score (nSPS) is 15.6. The van der Waals surface area contributed by atoms with Crippen molar-refractivity contribution in [2.75, 3.05) is 13.6 Å². The molecule has 1 aliphatic heterocycles. The van der Waals surface area contributed by atoms with Gasteiger partial charge in [-0.05, 0) is 48.9 Å². The van der Waals surface area contributed by atoms with Crippen molar-refractivity contribution < 1.29 is 4.39 Å². The molecule has 1 aromatic heterocycles. The molecule has 0 aliphatic carbocycles. The Morgan fingerprint density at radius 3 is 2.68 bits per heavy atom. The van der Waals surface area contributed by atoms with Gasteiger partial charge in [0.15, 0.2) is 0 Å². The molecule has 4 heteroatoms. The summed E-state index contributed by atoms with van der Waals surface area (Å²) in [5.41, 5.74) is 5.83. The molecule has 2 nitrogen and oxygen atoms in total. The summed E-state index contributed by atoms with van der Waals surface area (Å²) >= 11 is 6.56. The van der Waals surface area contributed by atoms with E-state index in [0.29, 0.717) is 0 Å². The smallest absolute Gasteiger partial charge is 0.123 e. The van der Waals surface area contributed by atoms with Crippen LogP contribution in [0.15, 0.2) is 42.5 Å². The van der Waals surface area contributed by atoms with Crippen LogP contribution in [0.2, 0.25) is 5.02 Å². The van der Waals surface area contributed by atoms with Gasteiger partial charge in [0.1, 0.15) is 5.82 Å². The van der Waals surface area contributed by atoms with E-state index in [2.05, 4.69) is 35.7 Å². The highest BCUT2D eigenvalue weighted by molar-refractivity contribution is 6.35. The average Bonchev–Trinajstić information content (AvgIpc) is 2.90. The van der Waals surface area contributed by atoms with Crippen LogP contribution in [0.5, 0.6) is 0 Å². The molecule has 128 valence electrons. The average molecular weight is 355 g/mol. The van der Waals surface area contributed by atoms with Gasteiger partial charge in [0.05, 0.1) is 10.5 Å². The monoisotopic (exact) mass is 354 g/mol. The molecule has 2 aromatic carbocycles. The largest absolute Gasteiger partial charge is 0.318 e. The summed E-state index contributed by atoms with van der Waals surface area (Å²) in [4.78, 5) is 2.34. The summed E-state index contributed by atoms with van der Waals surface area (Å²) in [6.07, 6.45) is 3.12. The van der Waals surface area contributed by atoms with Crippen molar-refractivity contribution in [3.8, 4) is 0 Å². The number of hydrogen-bond donors (Lipinski definition) is 0. The van der Waals surface area contributed by atoms with E-state index in [1.165, 1.54) is 28.8 Å². The van der Waals surface area contributed by atoms with Crippen LogP contribution in [0.4, 0.5) is 4.39 Å². The number of hydrogen-bond acceptors (Lipinski definition) is 1. The van der Waals surface area contributed by atoms with E-state index in [0.717, 1.165) is 41.2 Å². The molecule has 2 heterocycles. The number of halogens is 2. The first-order chi connectivity index (χ1) is 12.0. The van der Waals surface area contributed by atoms with Gasteiger partial charge in [-0.2, -0.15) is 0 Å². The van der Waals surface area contributed by atoms with Crippen LogP contribution in [0.25, 0.3) is 22.7 Å². The van der Waals surface area contributed by atoms with Crippen molar-refractivity contribution in [2.24, 2.45) is 0 Å². The summed E-state index contributed by atoms with van der Waals surface area (Å²) in [6.45, 7) is 4.02. The highest BCUT2D eigenvalue weighted by atomic mass is 35.5. The van der Waals surface area contributed by atoms with Gasteiger partial charge >= 0.3 is 0 Å². The van der Waals surface area contributed by atoms with Gasteiger partial charge in [-0.3, -0.25) is 0 Å². The lowest BCUT2D eigenvalue weighted by atomic mass is 10.1. The molecule has 0 N–H and O–H groups in total. The molecule has 0 bridgehead atoms. The Balaban J connectivity index is 1.92. The number of rotatable bonds is 2. The van der Waals surface area contributed by atoms with Crippen LogP contribution in [0.3, 0.4) is 0 Å². The lowest BCUT2D eigenvalue weighted by molar-refractivity contribution is 0.312. The van der Waals surface area contributed by atoms with Crippen molar-refractivity contribution in [2.45, 2.75) is 19.9 Å². The minimum absolute atomic E-state index is 0.216. The van der Waals surface area contributed by atoms with Gasteiger partial charge < -0.3 is 9.47 Å². The minimum atomic E-state index is -0.216. The van der Waals surface area contributed by atoms with Gasteiger partial charge in [-0.1, -0.05) is 35.9 Å². The second kappa shape index (κ2) is 6.32. The SMILES string of the molecule is C/C(=C\n1c2c(c3cccc(Cl)c31)CN(C)CC2)c1ccc(F)cc1. The van der Waals surface area contributed by atoms with Crippen molar-refractivity contribution in [3.05, 3.63) is 70.1 Å². The van der Waals surface area contributed by atoms with Crippen molar-refractivity contribution in [3.63, 3.8) is 0 Å². The van der Waals surface area contributed by atoms with Gasteiger partial charge in [0, 0.05) is 36.8 Å². The lowest BCUT2D eigenvalue weighted by Gasteiger charge is -2.23. The summed E-state index contributed by atoms with van der Waals surface area (Å²) in [7, 11) is 2.15. The fourth-order valence-electron chi connectivity index (χ4n) is 3.66. The second-order valence-electron chi connectivity index (χ2n) is 6.74. The molecule has 4 rings (SSSR count). The number of aromatic nitrogens is 1. The Morgan fingerprint density at radius 2 is 1.92 bits per heavy atom. The number of benzene rings is 2. The fourth-order valence-corrected chi connectivity index (χ4v) is 3.92. The highest BCUT2D eigenvalue weighted by Gasteiger charge is 2.22. The zero-order chi connectivity index (χ0) is 17.6. The Hall–Kier alpha value is -2.10. The van der Waals surface area contributed by atoms with E-state index < -0.39 is 0 Å². The lowest BCUT2D eigenvalue weighted by Crippen LogP contribution is -2.26. The van der Waals surface area contributed by atoms with Crippen molar-refractivity contribution >= 4 is 34.3 Å². The predicted molar refractivity (Wildman–Crippen MR) is 103 cm³/mol. The molecule has 25 heavy (non-hydrogen) atoms. The standard InChI is InChI=1S/C21H20ClFN2/c1-14(15-6-8-16(23)9-7-15)12-25-20-10-11-24(2)13-18(20)17-4-3-5-19(22)21(17)25/h3-9,12H,10-11,13H2,1-2H3/b14-12+. The predicted octanol–water partition coefficient (Wildman–Crippen LogP) is 5.44. The quantitative estimate of drug-likeness (QED) is 0.595. The van der Waals surface area contributed by atoms with Crippen molar-refractivity contribution in [1.29, 1.82) is 0 Å². The minimum Gasteiger partial charge on any atom is -0.318 e.